The number of fused-ring (bicyclic) bond motifs is 1. The number of benzene rings is 1. The first kappa shape index (κ1) is 19.3. The Morgan fingerprint density at radius 1 is 1.14 bits per heavy atom. The molecule has 0 aliphatic heterocycles. The summed E-state index contributed by atoms with van der Waals surface area (Å²) < 4.78 is 0. The second kappa shape index (κ2) is 7.44. The Morgan fingerprint density at radius 3 is 2.46 bits per heavy atom. The molecule has 1 aromatic carbocycles. The van der Waals surface area contributed by atoms with Crippen molar-refractivity contribution in [2.45, 2.75) is 31.3 Å². The van der Waals surface area contributed by atoms with Crippen molar-refractivity contribution >= 4 is 41.1 Å². The third kappa shape index (κ3) is 3.53. The third-order valence-electron chi connectivity index (χ3n) is 6.31. The van der Waals surface area contributed by atoms with E-state index < -0.39 is 23.9 Å². The molecule has 5 unspecified atom stereocenters. The first-order chi connectivity index (χ1) is 13.4. The molecule has 0 saturated heterocycles. The van der Waals surface area contributed by atoms with Gasteiger partial charge in [-0.1, -0.05) is 29.3 Å². The lowest BCUT2D eigenvalue weighted by Gasteiger charge is -2.19. The molecule has 3 saturated carbocycles. The highest BCUT2D eigenvalue weighted by Crippen LogP contribution is 2.68. The van der Waals surface area contributed by atoms with Gasteiger partial charge in [-0.05, 0) is 55.1 Å². The maximum Gasteiger partial charge on any atom is 0.328 e. The summed E-state index contributed by atoms with van der Waals surface area (Å²) in [5.41, 5.74) is 0.00254. The SMILES string of the molecule is O=C(NC[C@H](NC(=O)c1c(Cl)cccc1Cl)C(=O)O)NC1CC2CCC3C2C13. The van der Waals surface area contributed by atoms with Crippen LogP contribution in [0.2, 0.25) is 10.0 Å². The van der Waals surface area contributed by atoms with Gasteiger partial charge in [-0.2, -0.15) is 0 Å². The molecule has 150 valence electrons. The van der Waals surface area contributed by atoms with Gasteiger partial charge in [0.15, 0.2) is 0 Å². The van der Waals surface area contributed by atoms with Crippen LogP contribution in [0.1, 0.15) is 29.6 Å². The fourth-order valence-corrected chi connectivity index (χ4v) is 5.68. The number of carboxylic acids is 1. The fourth-order valence-electron chi connectivity index (χ4n) is 5.12. The minimum absolute atomic E-state index is 0.00254. The van der Waals surface area contributed by atoms with Gasteiger partial charge in [0, 0.05) is 6.04 Å². The van der Waals surface area contributed by atoms with Crippen LogP contribution in [0, 0.1) is 23.7 Å². The Balaban J connectivity index is 1.31. The molecule has 0 aromatic heterocycles. The van der Waals surface area contributed by atoms with Crippen LogP contribution >= 0.6 is 23.2 Å². The maximum absolute atomic E-state index is 12.4. The zero-order valence-electron chi connectivity index (χ0n) is 15.0. The molecular formula is C19H21Cl2N3O4. The molecule has 4 rings (SSSR count). The van der Waals surface area contributed by atoms with Gasteiger partial charge in [0.05, 0.1) is 22.2 Å². The van der Waals surface area contributed by atoms with Crippen molar-refractivity contribution in [3.63, 3.8) is 0 Å². The average Bonchev–Trinajstić information content (AvgIpc) is 3.11. The molecular weight excluding hydrogens is 405 g/mol. The summed E-state index contributed by atoms with van der Waals surface area (Å²) in [5.74, 6) is 0.872. The monoisotopic (exact) mass is 425 g/mol. The van der Waals surface area contributed by atoms with Crippen LogP contribution in [0.15, 0.2) is 18.2 Å². The maximum atomic E-state index is 12.4. The molecule has 0 bridgehead atoms. The van der Waals surface area contributed by atoms with Gasteiger partial charge < -0.3 is 21.1 Å². The van der Waals surface area contributed by atoms with Gasteiger partial charge in [-0.25, -0.2) is 9.59 Å². The molecule has 3 aliphatic carbocycles. The van der Waals surface area contributed by atoms with Crippen LogP contribution in [0.3, 0.4) is 0 Å². The molecule has 0 radical (unpaired) electrons. The van der Waals surface area contributed by atoms with Gasteiger partial charge in [-0.3, -0.25) is 4.79 Å². The second-order valence-corrected chi connectivity index (χ2v) is 8.63. The first-order valence-electron chi connectivity index (χ1n) is 9.39. The number of carbonyl (C=O) groups is 3. The average molecular weight is 426 g/mol. The van der Waals surface area contributed by atoms with Crippen molar-refractivity contribution in [1.82, 2.24) is 16.0 Å². The van der Waals surface area contributed by atoms with E-state index in [9.17, 15) is 19.5 Å². The van der Waals surface area contributed by atoms with Crippen LogP contribution in [0.4, 0.5) is 4.79 Å². The van der Waals surface area contributed by atoms with Gasteiger partial charge in [0.2, 0.25) is 0 Å². The molecule has 1 aromatic rings. The van der Waals surface area contributed by atoms with Crippen LogP contribution < -0.4 is 16.0 Å². The molecule has 0 spiro atoms. The van der Waals surface area contributed by atoms with E-state index in [1.54, 1.807) is 6.07 Å². The van der Waals surface area contributed by atoms with Crippen molar-refractivity contribution < 1.29 is 19.5 Å². The topological polar surface area (TPSA) is 108 Å². The Morgan fingerprint density at radius 2 is 1.86 bits per heavy atom. The highest BCUT2D eigenvalue weighted by molar-refractivity contribution is 6.39. The van der Waals surface area contributed by atoms with Crippen LogP contribution in [0.5, 0.6) is 0 Å². The largest absolute Gasteiger partial charge is 0.480 e. The Labute approximate surface area is 172 Å². The third-order valence-corrected chi connectivity index (χ3v) is 6.94. The number of amides is 3. The van der Waals surface area contributed by atoms with Crippen molar-refractivity contribution in [2.24, 2.45) is 23.7 Å². The summed E-state index contributed by atoms with van der Waals surface area (Å²) in [5, 5.41) is 17.5. The predicted molar refractivity (Wildman–Crippen MR) is 103 cm³/mol. The van der Waals surface area contributed by atoms with Crippen molar-refractivity contribution in [3.05, 3.63) is 33.8 Å². The molecule has 6 atom stereocenters. The molecule has 28 heavy (non-hydrogen) atoms. The summed E-state index contributed by atoms with van der Waals surface area (Å²) >= 11 is 12.0. The first-order valence-corrected chi connectivity index (χ1v) is 10.1. The lowest BCUT2D eigenvalue weighted by atomic mass is 10.0. The Kier molecular flexibility index (Phi) is 5.14. The van der Waals surface area contributed by atoms with Crippen molar-refractivity contribution in [3.8, 4) is 0 Å². The normalized spacial score (nSPS) is 30.3. The molecule has 7 nitrogen and oxygen atoms in total. The number of rotatable bonds is 6. The summed E-state index contributed by atoms with van der Waals surface area (Å²) in [7, 11) is 0. The van der Waals surface area contributed by atoms with E-state index in [0.29, 0.717) is 5.92 Å². The quantitative estimate of drug-likeness (QED) is 0.561. The lowest BCUT2D eigenvalue weighted by Crippen LogP contribution is -2.51. The molecule has 0 heterocycles. The smallest absolute Gasteiger partial charge is 0.328 e. The van der Waals surface area contributed by atoms with Gasteiger partial charge in [-0.15, -0.1) is 0 Å². The van der Waals surface area contributed by atoms with E-state index in [1.807, 2.05) is 0 Å². The predicted octanol–water partition coefficient (Wildman–Crippen LogP) is 2.52. The van der Waals surface area contributed by atoms with Crippen molar-refractivity contribution in [1.29, 1.82) is 0 Å². The lowest BCUT2D eigenvalue weighted by molar-refractivity contribution is -0.139. The number of carboxylic acid groups (broad SMARTS) is 1. The van der Waals surface area contributed by atoms with E-state index in [1.165, 1.54) is 25.0 Å². The molecule has 3 fully saturated rings. The number of nitrogens with one attached hydrogen (secondary N) is 3. The van der Waals surface area contributed by atoms with E-state index in [2.05, 4.69) is 16.0 Å². The minimum atomic E-state index is -1.31. The zero-order chi connectivity index (χ0) is 20.0. The second-order valence-electron chi connectivity index (χ2n) is 7.81. The van der Waals surface area contributed by atoms with E-state index >= 15 is 0 Å². The zero-order valence-corrected chi connectivity index (χ0v) is 16.5. The number of hydrogen-bond acceptors (Lipinski definition) is 3. The number of halogens is 2. The van der Waals surface area contributed by atoms with Crippen LogP contribution in [0.25, 0.3) is 0 Å². The molecule has 4 N–H and O–H groups in total. The minimum Gasteiger partial charge on any atom is -0.480 e. The van der Waals surface area contributed by atoms with Crippen LogP contribution in [-0.2, 0) is 4.79 Å². The van der Waals surface area contributed by atoms with Crippen LogP contribution in [-0.4, -0.2) is 41.6 Å². The van der Waals surface area contributed by atoms with Gasteiger partial charge >= 0.3 is 12.0 Å². The van der Waals surface area contributed by atoms with Gasteiger partial charge in [0.25, 0.3) is 5.91 Å². The number of carbonyl (C=O) groups excluding carboxylic acids is 2. The molecule has 3 aliphatic rings. The van der Waals surface area contributed by atoms with E-state index in [-0.39, 0.29) is 28.2 Å². The number of hydrogen-bond donors (Lipinski definition) is 4. The Hall–Kier alpha value is -1.99. The Bertz CT molecular complexity index is 813. The standard InChI is InChI=1S/C19H21Cl2N3O4/c20-10-2-1-3-11(21)16(10)17(25)23-13(18(26)27)7-22-19(28)24-12-6-8-4-5-9-14(8)15(9)12/h1-3,8-9,12-15H,4-7H2,(H,23,25)(H,26,27)(H2,22,24,28)/t8?,9?,12?,13-,14?,15?/m0/s1. The number of aliphatic carboxylic acids is 1. The van der Waals surface area contributed by atoms with E-state index in [0.717, 1.165) is 24.2 Å². The summed E-state index contributed by atoms with van der Waals surface area (Å²) in [6.45, 7) is -0.247. The summed E-state index contributed by atoms with van der Waals surface area (Å²) in [4.78, 5) is 36.1. The highest BCUT2D eigenvalue weighted by Gasteiger charge is 2.65. The summed E-state index contributed by atoms with van der Waals surface area (Å²) in [6.07, 6.45) is 3.52. The van der Waals surface area contributed by atoms with Gasteiger partial charge in [0.1, 0.15) is 6.04 Å². The van der Waals surface area contributed by atoms with Crippen molar-refractivity contribution in [2.75, 3.05) is 6.54 Å². The molecule has 9 heteroatoms. The van der Waals surface area contributed by atoms with E-state index in [4.69, 9.17) is 23.2 Å². The number of urea groups is 1. The molecule has 3 amide bonds. The summed E-state index contributed by atoms with van der Waals surface area (Å²) in [6, 6.07) is 3.02. The highest BCUT2D eigenvalue weighted by atomic mass is 35.5. The fraction of sp³-hybridized carbons (Fsp3) is 0.526.